The van der Waals surface area contributed by atoms with E-state index in [4.69, 9.17) is 11.2 Å². The number of ether oxygens (including phenoxy) is 1. The Labute approximate surface area is 121 Å². The van der Waals surface area contributed by atoms with Crippen molar-refractivity contribution in [1.29, 1.82) is 0 Å². The topological polar surface area (TPSA) is 84.0 Å². The molecule has 108 valence electrons. The number of H-pyrrole nitrogens is 1. The van der Waals surface area contributed by atoms with Gasteiger partial charge in [0.05, 0.1) is 11.7 Å². The molecule has 1 saturated heterocycles. The van der Waals surface area contributed by atoms with Crippen molar-refractivity contribution in [1.82, 2.24) is 25.3 Å². The van der Waals surface area contributed by atoms with E-state index in [2.05, 4.69) is 26.3 Å². The molecule has 3 rings (SSSR count). The number of hydrogen-bond donors (Lipinski definition) is 1. The lowest BCUT2D eigenvalue weighted by molar-refractivity contribution is 0.0231. The normalized spacial score (nSPS) is 16.0. The van der Waals surface area contributed by atoms with Gasteiger partial charge in [0.2, 0.25) is 5.65 Å². The van der Waals surface area contributed by atoms with Gasteiger partial charge < -0.3 is 9.64 Å². The van der Waals surface area contributed by atoms with Crippen molar-refractivity contribution in [3.05, 3.63) is 17.8 Å². The quantitative estimate of drug-likeness (QED) is 0.835. The highest BCUT2D eigenvalue weighted by Crippen LogP contribution is 2.19. The number of nitrogens with zero attached hydrogens (tertiary/aromatic N) is 4. The Morgan fingerprint density at radius 1 is 1.48 bits per heavy atom. The van der Waals surface area contributed by atoms with Gasteiger partial charge in [0.15, 0.2) is 0 Å². The fraction of sp³-hybridized carbons (Fsp3) is 0.429. The van der Waals surface area contributed by atoms with E-state index in [1.165, 1.54) is 0 Å². The van der Waals surface area contributed by atoms with Gasteiger partial charge in [-0.05, 0) is 18.9 Å². The van der Waals surface area contributed by atoms with Crippen LogP contribution in [-0.4, -0.2) is 57.0 Å². The lowest BCUT2D eigenvalue weighted by Gasteiger charge is -2.31. The van der Waals surface area contributed by atoms with Crippen molar-refractivity contribution in [3.63, 3.8) is 0 Å². The number of pyridine rings is 1. The molecule has 0 bridgehead atoms. The van der Waals surface area contributed by atoms with Gasteiger partial charge in [0.25, 0.3) is 5.91 Å². The van der Waals surface area contributed by atoms with E-state index >= 15 is 0 Å². The Kier molecular flexibility index (Phi) is 3.79. The van der Waals surface area contributed by atoms with Crippen LogP contribution in [0, 0.1) is 12.3 Å². The number of amides is 1. The summed E-state index contributed by atoms with van der Waals surface area (Å²) in [4.78, 5) is 18.4. The molecule has 0 aliphatic carbocycles. The van der Waals surface area contributed by atoms with Crippen LogP contribution < -0.4 is 0 Å². The number of piperidine rings is 1. The van der Waals surface area contributed by atoms with Crippen molar-refractivity contribution in [3.8, 4) is 12.3 Å². The minimum atomic E-state index is -0.0494. The molecule has 0 aromatic carbocycles. The molecular weight excluding hydrogens is 270 g/mol. The summed E-state index contributed by atoms with van der Waals surface area (Å²) < 4.78 is 5.51. The average molecular weight is 285 g/mol. The van der Waals surface area contributed by atoms with Crippen LogP contribution in [0.5, 0.6) is 0 Å². The van der Waals surface area contributed by atoms with Crippen LogP contribution >= 0.6 is 0 Å². The van der Waals surface area contributed by atoms with E-state index in [9.17, 15) is 4.79 Å². The van der Waals surface area contributed by atoms with Gasteiger partial charge in [0.1, 0.15) is 12.1 Å². The van der Waals surface area contributed by atoms with Crippen LogP contribution in [0.25, 0.3) is 11.2 Å². The van der Waals surface area contributed by atoms with Crippen LogP contribution in [-0.2, 0) is 4.74 Å². The summed E-state index contributed by atoms with van der Waals surface area (Å²) in [5.74, 6) is 2.41. The van der Waals surface area contributed by atoms with E-state index in [0.29, 0.717) is 36.4 Å². The summed E-state index contributed by atoms with van der Waals surface area (Å²) in [5.41, 5.74) is 1.48. The largest absolute Gasteiger partial charge is 0.365 e. The summed E-state index contributed by atoms with van der Waals surface area (Å²) in [6.45, 7) is 1.62. The van der Waals surface area contributed by atoms with E-state index in [0.717, 1.165) is 12.8 Å². The molecule has 0 radical (unpaired) electrons. The van der Waals surface area contributed by atoms with E-state index in [-0.39, 0.29) is 12.0 Å². The molecular formula is C14H15N5O2. The van der Waals surface area contributed by atoms with Crippen LogP contribution in [0.3, 0.4) is 0 Å². The molecule has 0 unspecified atom stereocenters. The first-order valence-electron chi connectivity index (χ1n) is 6.79. The molecule has 2 aromatic rings. The molecule has 2 aromatic heterocycles. The third-order valence-corrected chi connectivity index (χ3v) is 3.58. The highest BCUT2D eigenvalue weighted by Gasteiger charge is 2.25. The van der Waals surface area contributed by atoms with Gasteiger partial charge in [-0.3, -0.25) is 4.79 Å². The SMILES string of the molecule is C#CCOC1CCN(C(=O)c2ccnc3n[nH]nc23)CC1. The number of rotatable bonds is 3. The molecule has 0 spiro atoms. The monoisotopic (exact) mass is 285 g/mol. The molecule has 7 nitrogen and oxygen atoms in total. The number of nitrogens with one attached hydrogen (secondary N) is 1. The Balaban J connectivity index is 1.70. The van der Waals surface area contributed by atoms with E-state index < -0.39 is 0 Å². The molecule has 7 heteroatoms. The zero-order valence-corrected chi connectivity index (χ0v) is 11.5. The summed E-state index contributed by atoms with van der Waals surface area (Å²) in [5, 5.41) is 10.4. The molecule has 3 heterocycles. The zero-order valence-electron chi connectivity index (χ0n) is 11.5. The zero-order chi connectivity index (χ0) is 14.7. The number of aromatic nitrogens is 4. The van der Waals surface area contributed by atoms with Crippen LogP contribution in [0.1, 0.15) is 23.2 Å². The van der Waals surface area contributed by atoms with Gasteiger partial charge >= 0.3 is 0 Å². The highest BCUT2D eigenvalue weighted by molar-refractivity contribution is 6.03. The van der Waals surface area contributed by atoms with Gasteiger partial charge in [0, 0.05) is 19.3 Å². The molecule has 1 aliphatic rings. The maximum atomic E-state index is 12.6. The molecule has 1 fully saturated rings. The highest BCUT2D eigenvalue weighted by atomic mass is 16.5. The standard InChI is InChI=1S/C14H15N5O2/c1-2-9-21-10-4-7-19(8-5-10)14(20)11-3-6-15-13-12(11)16-18-17-13/h1,3,6,10H,4-5,7-9H2,(H,15,16,17,18). The Morgan fingerprint density at radius 3 is 3.05 bits per heavy atom. The number of hydrogen-bond acceptors (Lipinski definition) is 5. The summed E-state index contributed by atoms with van der Waals surface area (Å²) in [6.07, 6.45) is 8.47. The number of fused-ring (bicyclic) bond motifs is 1. The maximum Gasteiger partial charge on any atom is 0.256 e. The number of terminal acetylenes is 1. The molecule has 1 N–H and O–H groups in total. The molecule has 21 heavy (non-hydrogen) atoms. The predicted molar refractivity (Wildman–Crippen MR) is 75.4 cm³/mol. The lowest BCUT2D eigenvalue weighted by Crippen LogP contribution is -2.41. The lowest BCUT2D eigenvalue weighted by atomic mass is 10.1. The number of carbonyl (C=O) groups excluding carboxylic acids is 1. The average Bonchev–Trinajstić information content (AvgIpc) is 3.01. The van der Waals surface area contributed by atoms with Crippen molar-refractivity contribution in [2.24, 2.45) is 0 Å². The number of likely N-dealkylation sites (tertiary alicyclic amines) is 1. The van der Waals surface area contributed by atoms with Crippen molar-refractivity contribution in [2.45, 2.75) is 18.9 Å². The minimum absolute atomic E-state index is 0.0494. The molecule has 0 atom stereocenters. The predicted octanol–water partition coefficient (Wildman–Crippen LogP) is 0.607. The van der Waals surface area contributed by atoms with Gasteiger partial charge in [-0.1, -0.05) is 5.92 Å². The fourth-order valence-electron chi connectivity index (χ4n) is 2.49. The fourth-order valence-corrected chi connectivity index (χ4v) is 2.49. The third-order valence-electron chi connectivity index (χ3n) is 3.58. The summed E-state index contributed by atoms with van der Waals surface area (Å²) in [6, 6.07) is 1.67. The number of aromatic amines is 1. The van der Waals surface area contributed by atoms with Crippen molar-refractivity contribution >= 4 is 17.1 Å². The Bertz CT molecular complexity index is 682. The van der Waals surface area contributed by atoms with Gasteiger partial charge in [-0.15, -0.1) is 11.5 Å². The van der Waals surface area contributed by atoms with Crippen molar-refractivity contribution < 1.29 is 9.53 Å². The second-order valence-corrected chi connectivity index (χ2v) is 4.86. The second-order valence-electron chi connectivity index (χ2n) is 4.86. The van der Waals surface area contributed by atoms with Crippen LogP contribution in [0.15, 0.2) is 12.3 Å². The maximum absolute atomic E-state index is 12.6. The summed E-state index contributed by atoms with van der Waals surface area (Å²) >= 11 is 0. The first-order valence-corrected chi connectivity index (χ1v) is 6.79. The molecule has 1 aliphatic heterocycles. The van der Waals surface area contributed by atoms with E-state index in [1.54, 1.807) is 17.2 Å². The molecule has 0 saturated carbocycles. The van der Waals surface area contributed by atoms with E-state index in [1.807, 2.05) is 0 Å². The van der Waals surface area contributed by atoms with Crippen LogP contribution in [0.2, 0.25) is 0 Å². The summed E-state index contributed by atoms with van der Waals surface area (Å²) in [7, 11) is 0. The van der Waals surface area contributed by atoms with Crippen molar-refractivity contribution in [2.75, 3.05) is 19.7 Å². The van der Waals surface area contributed by atoms with Gasteiger partial charge in [-0.25, -0.2) is 4.98 Å². The minimum Gasteiger partial charge on any atom is -0.365 e. The first kappa shape index (κ1) is 13.5. The Hall–Kier alpha value is -2.46. The second kappa shape index (κ2) is 5.89. The Morgan fingerprint density at radius 2 is 2.29 bits per heavy atom. The van der Waals surface area contributed by atoms with Gasteiger partial charge in [-0.2, -0.15) is 10.3 Å². The smallest absolute Gasteiger partial charge is 0.256 e. The molecule has 1 amide bonds. The number of carbonyl (C=O) groups is 1. The first-order chi connectivity index (χ1) is 10.3. The third kappa shape index (κ3) is 2.71. The van der Waals surface area contributed by atoms with Crippen LogP contribution in [0.4, 0.5) is 0 Å².